The van der Waals surface area contributed by atoms with Gasteiger partial charge in [-0.1, -0.05) is 35.4 Å². The third-order valence-corrected chi connectivity index (χ3v) is 6.26. The molecule has 0 aliphatic heterocycles. The van der Waals surface area contributed by atoms with Crippen molar-refractivity contribution in [2.75, 3.05) is 6.54 Å². The molecule has 0 saturated heterocycles. The normalized spacial score (nSPS) is 13.9. The standard InChI is InChI=1S/C24H24ClN7/c25-20-7-19(24(10-26)28-12-20)9-22-15-32(31-30-22)14-17-4-5-18-8-21(29-23(18)6-17)13-27-11-16-2-1-3-16/h4-8,12,15-16,27,29H,1-3,9,11,13-14H2. The number of pyridine rings is 1. The van der Waals surface area contributed by atoms with Gasteiger partial charge in [-0.3, -0.25) is 0 Å². The lowest BCUT2D eigenvalue weighted by Crippen LogP contribution is -2.26. The molecule has 1 aliphatic carbocycles. The molecule has 2 N–H and O–H groups in total. The van der Waals surface area contributed by atoms with Crippen molar-refractivity contribution >= 4 is 22.5 Å². The van der Waals surface area contributed by atoms with Crippen LogP contribution in [0.2, 0.25) is 5.02 Å². The first kappa shape index (κ1) is 20.7. The SMILES string of the molecule is N#Cc1ncc(Cl)cc1Cc1cn(Cc2ccc3cc(CNCC4CCC4)[nH]c3c2)nn1. The molecular weight excluding hydrogens is 422 g/mol. The van der Waals surface area contributed by atoms with E-state index in [4.69, 9.17) is 11.6 Å². The van der Waals surface area contributed by atoms with E-state index in [0.29, 0.717) is 23.7 Å². The van der Waals surface area contributed by atoms with Crippen molar-refractivity contribution in [2.45, 2.75) is 38.8 Å². The minimum absolute atomic E-state index is 0.360. The third-order valence-electron chi connectivity index (χ3n) is 6.06. The number of nitriles is 1. The first-order chi connectivity index (χ1) is 15.7. The van der Waals surface area contributed by atoms with E-state index in [0.717, 1.165) is 41.3 Å². The molecule has 4 aromatic rings. The van der Waals surface area contributed by atoms with Gasteiger partial charge < -0.3 is 10.3 Å². The summed E-state index contributed by atoms with van der Waals surface area (Å²) in [5.41, 5.74) is 5.37. The highest BCUT2D eigenvalue weighted by Gasteiger charge is 2.16. The fourth-order valence-corrected chi connectivity index (χ4v) is 4.31. The van der Waals surface area contributed by atoms with Crippen LogP contribution in [0.15, 0.2) is 42.7 Å². The zero-order chi connectivity index (χ0) is 21.9. The summed E-state index contributed by atoms with van der Waals surface area (Å²) in [6, 6.07) is 12.5. The Morgan fingerprint density at radius 2 is 2.16 bits per heavy atom. The Labute approximate surface area is 191 Å². The summed E-state index contributed by atoms with van der Waals surface area (Å²) in [5.74, 6) is 0.861. The lowest BCUT2D eigenvalue weighted by molar-refractivity contribution is 0.301. The molecule has 0 radical (unpaired) electrons. The van der Waals surface area contributed by atoms with Gasteiger partial charge in [0.15, 0.2) is 0 Å². The van der Waals surface area contributed by atoms with Crippen LogP contribution in [0, 0.1) is 17.2 Å². The Morgan fingerprint density at radius 1 is 1.25 bits per heavy atom. The van der Waals surface area contributed by atoms with Crippen LogP contribution in [0.3, 0.4) is 0 Å². The molecule has 0 bridgehead atoms. The Kier molecular flexibility index (Phi) is 5.89. The monoisotopic (exact) mass is 445 g/mol. The first-order valence-corrected chi connectivity index (χ1v) is 11.3. The third kappa shape index (κ3) is 4.67. The lowest BCUT2D eigenvalue weighted by atomic mass is 9.85. The second kappa shape index (κ2) is 9.11. The molecule has 1 aliphatic rings. The molecule has 32 heavy (non-hydrogen) atoms. The van der Waals surface area contributed by atoms with Crippen LogP contribution in [-0.4, -0.2) is 31.5 Å². The van der Waals surface area contributed by atoms with Crippen molar-refractivity contribution in [1.82, 2.24) is 30.3 Å². The quantitative estimate of drug-likeness (QED) is 0.423. The number of aromatic nitrogens is 5. The largest absolute Gasteiger partial charge is 0.357 e. The maximum absolute atomic E-state index is 9.26. The smallest absolute Gasteiger partial charge is 0.144 e. The molecule has 162 valence electrons. The van der Waals surface area contributed by atoms with E-state index in [1.54, 1.807) is 6.07 Å². The number of nitrogens with zero attached hydrogens (tertiary/aromatic N) is 5. The van der Waals surface area contributed by atoms with Gasteiger partial charge in [0.1, 0.15) is 11.8 Å². The minimum Gasteiger partial charge on any atom is -0.357 e. The van der Waals surface area contributed by atoms with Crippen molar-refractivity contribution in [2.24, 2.45) is 5.92 Å². The van der Waals surface area contributed by atoms with E-state index in [2.05, 4.69) is 55.9 Å². The summed E-state index contributed by atoms with van der Waals surface area (Å²) in [6.07, 6.45) is 7.95. The summed E-state index contributed by atoms with van der Waals surface area (Å²) in [5, 5.41) is 23.0. The fraction of sp³-hybridized carbons (Fsp3) is 0.333. The van der Waals surface area contributed by atoms with Crippen molar-refractivity contribution in [3.05, 3.63) is 76.0 Å². The highest BCUT2D eigenvalue weighted by Crippen LogP contribution is 2.25. The summed E-state index contributed by atoms with van der Waals surface area (Å²) >= 11 is 6.03. The van der Waals surface area contributed by atoms with Crippen molar-refractivity contribution < 1.29 is 0 Å². The van der Waals surface area contributed by atoms with E-state index >= 15 is 0 Å². The van der Waals surface area contributed by atoms with Gasteiger partial charge in [-0.2, -0.15) is 5.26 Å². The van der Waals surface area contributed by atoms with Gasteiger partial charge in [-0.25, -0.2) is 9.67 Å². The van der Waals surface area contributed by atoms with Crippen LogP contribution in [0.5, 0.6) is 0 Å². The fourth-order valence-electron chi connectivity index (χ4n) is 4.13. The van der Waals surface area contributed by atoms with Gasteiger partial charge >= 0.3 is 0 Å². The summed E-state index contributed by atoms with van der Waals surface area (Å²) in [6.45, 7) is 2.60. The number of hydrogen-bond donors (Lipinski definition) is 2. The highest BCUT2D eigenvalue weighted by atomic mass is 35.5. The van der Waals surface area contributed by atoms with E-state index in [1.165, 1.54) is 36.5 Å². The molecule has 8 heteroatoms. The molecule has 1 aromatic carbocycles. The summed E-state index contributed by atoms with van der Waals surface area (Å²) in [7, 11) is 0. The van der Waals surface area contributed by atoms with Gasteiger partial charge in [-0.15, -0.1) is 5.10 Å². The number of fused-ring (bicyclic) bond motifs is 1. The molecule has 3 aromatic heterocycles. The topological polar surface area (TPSA) is 95.2 Å². The lowest BCUT2D eigenvalue weighted by Gasteiger charge is -2.25. The molecule has 0 spiro atoms. The maximum Gasteiger partial charge on any atom is 0.144 e. The summed E-state index contributed by atoms with van der Waals surface area (Å²) < 4.78 is 1.81. The summed E-state index contributed by atoms with van der Waals surface area (Å²) in [4.78, 5) is 7.61. The van der Waals surface area contributed by atoms with E-state index in [9.17, 15) is 5.26 Å². The highest BCUT2D eigenvalue weighted by molar-refractivity contribution is 6.30. The molecular formula is C24H24ClN7. The van der Waals surface area contributed by atoms with Crippen molar-refractivity contribution in [3.63, 3.8) is 0 Å². The van der Waals surface area contributed by atoms with Crippen LogP contribution in [0.25, 0.3) is 10.9 Å². The number of aromatic amines is 1. The number of halogens is 1. The molecule has 5 rings (SSSR count). The van der Waals surface area contributed by atoms with Gasteiger partial charge in [0.2, 0.25) is 0 Å². The van der Waals surface area contributed by atoms with E-state index < -0.39 is 0 Å². The average Bonchev–Trinajstić information content (AvgIpc) is 3.36. The predicted molar refractivity (Wildman–Crippen MR) is 123 cm³/mol. The number of benzene rings is 1. The Morgan fingerprint density at radius 3 is 2.97 bits per heavy atom. The van der Waals surface area contributed by atoms with Crippen LogP contribution in [0.4, 0.5) is 0 Å². The average molecular weight is 446 g/mol. The predicted octanol–water partition coefficient (Wildman–Crippen LogP) is 4.21. The number of H-pyrrole nitrogens is 1. The zero-order valence-corrected chi connectivity index (χ0v) is 18.4. The van der Waals surface area contributed by atoms with Gasteiger partial charge in [-0.05, 0) is 60.0 Å². The molecule has 7 nitrogen and oxygen atoms in total. The Bertz CT molecular complexity index is 1280. The van der Waals surface area contributed by atoms with Gasteiger partial charge in [0.25, 0.3) is 0 Å². The number of nitrogens with one attached hydrogen (secondary N) is 2. The zero-order valence-electron chi connectivity index (χ0n) is 17.7. The second-order valence-electron chi connectivity index (χ2n) is 8.50. The van der Waals surface area contributed by atoms with Gasteiger partial charge in [0, 0.05) is 36.6 Å². The number of hydrogen-bond acceptors (Lipinski definition) is 5. The van der Waals surface area contributed by atoms with E-state index in [-0.39, 0.29) is 0 Å². The molecule has 0 amide bonds. The Hall–Kier alpha value is -3.21. The van der Waals surface area contributed by atoms with Crippen molar-refractivity contribution in [3.8, 4) is 6.07 Å². The molecule has 3 heterocycles. The molecule has 1 fully saturated rings. The molecule has 0 atom stereocenters. The minimum atomic E-state index is 0.360. The van der Waals surface area contributed by atoms with Crippen molar-refractivity contribution in [1.29, 1.82) is 5.26 Å². The van der Waals surface area contributed by atoms with E-state index in [1.807, 2.05) is 10.9 Å². The van der Waals surface area contributed by atoms with Crippen LogP contribution >= 0.6 is 11.6 Å². The second-order valence-corrected chi connectivity index (χ2v) is 8.94. The molecule has 1 saturated carbocycles. The van der Waals surface area contributed by atoms with Gasteiger partial charge in [0.05, 0.1) is 17.3 Å². The Balaban J connectivity index is 1.24. The van der Waals surface area contributed by atoms with Crippen LogP contribution in [0.1, 0.15) is 47.5 Å². The van der Waals surface area contributed by atoms with Crippen LogP contribution < -0.4 is 5.32 Å². The molecule has 0 unspecified atom stereocenters. The maximum atomic E-state index is 9.26. The first-order valence-electron chi connectivity index (χ1n) is 10.9. The van der Waals surface area contributed by atoms with Crippen LogP contribution in [-0.2, 0) is 19.5 Å². The number of rotatable bonds is 8.